The van der Waals surface area contributed by atoms with E-state index in [1.165, 1.54) is 5.56 Å². The Bertz CT molecular complexity index is 488. The minimum Gasteiger partial charge on any atom is -0.496 e. The third-order valence-corrected chi connectivity index (χ3v) is 4.43. The predicted octanol–water partition coefficient (Wildman–Crippen LogP) is 2.04. The lowest BCUT2D eigenvalue weighted by Gasteiger charge is -2.17. The fraction of sp³-hybridized carbons (Fsp3) is 0.588. The van der Waals surface area contributed by atoms with E-state index in [0.29, 0.717) is 19.0 Å². The molecule has 1 aliphatic carbocycles. The maximum absolute atomic E-state index is 12.2. The van der Waals surface area contributed by atoms with E-state index in [4.69, 9.17) is 10.5 Å². The lowest BCUT2D eigenvalue weighted by Crippen LogP contribution is -2.36. The summed E-state index contributed by atoms with van der Waals surface area (Å²) < 4.78 is 5.36. The van der Waals surface area contributed by atoms with E-state index in [0.717, 1.165) is 37.0 Å². The quantitative estimate of drug-likeness (QED) is 0.842. The van der Waals surface area contributed by atoms with Crippen LogP contribution in [0.15, 0.2) is 18.2 Å². The summed E-state index contributed by atoms with van der Waals surface area (Å²) >= 11 is 0. The molecule has 0 bridgehead atoms. The molecule has 1 aromatic carbocycles. The second-order valence-corrected chi connectivity index (χ2v) is 5.89. The maximum atomic E-state index is 12.2. The number of amides is 1. The van der Waals surface area contributed by atoms with Crippen LogP contribution < -0.4 is 15.8 Å². The van der Waals surface area contributed by atoms with Gasteiger partial charge in [-0.2, -0.15) is 0 Å². The highest BCUT2D eigenvalue weighted by atomic mass is 16.5. The molecule has 4 heteroatoms. The van der Waals surface area contributed by atoms with Crippen LogP contribution in [0.1, 0.15) is 30.4 Å². The molecule has 21 heavy (non-hydrogen) atoms. The number of benzene rings is 1. The maximum Gasteiger partial charge on any atom is 0.223 e. The molecule has 3 N–H and O–H groups in total. The van der Waals surface area contributed by atoms with Crippen molar-refractivity contribution in [3.05, 3.63) is 29.3 Å². The number of carbonyl (C=O) groups excluding carboxylic acids is 1. The van der Waals surface area contributed by atoms with E-state index in [1.54, 1.807) is 7.11 Å². The Morgan fingerprint density at radius 2 is 2.24 bits per heavy atom. The number of hydrogen-bond acceptors (Lipinski definition) is 3. The Hall–Kier alpha value is -1.55. The molecule has 0 aliphatic heterocycles. The van der Waals surface area contributed by atoms with Gasteiger partial charge in [0.15, 0.2) is 0 Å². The first kappa shape index (κ1) is 15.8. The molecule has 0 radical (unpaired) electrons. The Balaban J connectivity index is 1.86. The van der Waals surface area contributed by atoms with E-state index in [9.17, 15) is 4.79 Å². The molecule has 1 saturated carbocycles. The van der Waals surface area contributed by atoms with E-state index >= 15 is 0 Å². The molecule has 0 unspecified atom stereocenters. The molecular weight excluding hydrogens is 264 g/mol. The average molecular weight is 290 g/mol. The van der Waals surface area contributed by atoms with Gasteiger partial charge in [0, 0.05) is 12.5 Å². The summed E-state index contributed by atoms with van der Waals surface area (Å²) in [5.74, 6) is 1.51. The van der Waals surface area contributed by atoms with E-state index in [1.807, 2.05) is 12.1 Å². The number of rotatable bonds is 6. The molecule has 0 spiro atoms. The fourth-order valence-electron chi connectivity index (χ4n) is 3.22. The molecule has 1 amide bonds. The van der Waals surface area contributed by atoms with Crippen LogP contribution in [0, 0.1) is 18.8 Å². The summed E-state index contributed by atoms with van der Waals surface area (Å²) in [6.45, 7) is 3.32. The van der Waals surface area contributed by atoms with Gasteiger partial charge in [-0.1, -0.05) is 24.1 Å². The summed E-state index contributed by atoms with van der Waals surface area (Å²) in [6, 6.07) is 6.13. The zero-order chi connectivity index (χ0) is 15.2. The summed E-state index contributed by atoms with van der Waals surface area (Å²) in [4.78, 5) is 12.2. The van der Waals surface area contributed by atoms with Crippen molar-refractivity contribution in [3.8, 4) is 5.75 Å². The topological polar surface area (TPSA) is 64.3 Å². The van der Waals surface area contributed by atoms with Crippen molar-refractivity contribution in [1.29, 1.82) is 0 Å². The van der Waals surface area contributed by atoms with Gasteiger partial charge in [0.05, 0.1) is 7.11 Å². The highest BCUT2D eigenvalue weighted by Gasteiger charge is 2.31. The van der Waals surface area contributed by atoms with Gasteiger partial charge in [0.2, 0.25) is 5.91 Å². The van der Waals surface area contributed by atoms with Crippen LogP contribution in [0.2, 0.25) is 0 Å². The summed E-state index contributed by atoms with van der Waals surface area (Å²) in [6.07, 6.45) is 3.96. The fourth-order valence-corrected chi connectivity index (χ4v) is 3.22. The van der Waals surface area contributed by atoms with Gasteiger partial charge >= 0.3 is 0 Å². The normalized spacial score (nSPS) is 21.3. The largest absolute Gasteiger partial charge is 0.496 e. The van der Waals surface area contributed by atoms with Crippen molar-refractivity contribution in [2.75, 3.05) is 20.2 Å². The molecule has 1 aromatic rings. The molecule has 2 rings (SSSR count). The minimum atomic E-state index is 0.106. The van der Waals surface area contributed by atoms with Gasteiger partial charge in [-0.25, -0.2) is 0 Å². The average Bonchev–Trinajstić information content (AvgIpc) is 2.96. The molecule has 1 fully saturated rings. The van der Waals surface area contributed by atoms with Gasteiger partial charge in [0.25, 0.3) is 0 Å². The minimum absolute atomic E-state index is 0.106. The number of nitrogens with two attached hydrogens (primary N) is 1. The van der Waals surface area contributed by atoms with Gasteiger partial charge in [-0.05, 0) is 50.3 Å². The summed E-state index contributed by atoms with van der Waals surface area (Å²) in [5, 5.41) is 3.06. The Kier molecular flexibility index (Phi) is 5.62. The second-order valence-electron chi connectivity index (χ2n) is 5.89. The zero-order valence-electron chi connectivity index (χ0n) is 13.0. The van der Waals surface area contributed by atoms with Crippen molar-refractivity contribution in [1.82, 2.24) is 5.32 Å². The number of nitrogens with one attached hydrogen (secondary N) is 1. The van der Waals surface area contributed by atoms with Crippen LogP contribution >= 0.6 is 0 Å². The van der Waals surface area contributed by atoms with Crippen molar-refractivity contribution in [2.45, 2.75) is 32.6 Å². The van der Waals surface area contributed by atoms with Crippen molar-refractivity contribution >= 4 is 5.91 Å². The first-order valence-corrected chi connectivity index (χ1v) is 7.77. The van der Waals surface area contributed by atoms with Crippen LogP contribution in [0.25, 0.3) is 0 Å². The van der Waals surface area contributed by atoms with E-state index in [2.05, 4.69) is 18.3 Å². The molecule has 4 nitrogen and oxygen atoms in total. The number of methoxy groups -OCH3 is 1. The molecular formula is C17H26N2O2. The lowest BCUT2D eigenvalue weighted by molar-refractivity contribution is -0.125. The number of carbonyl (C=O) groups is 1. The van der Waals surface area contributed by atoms with Crippen LogP contribution in [0.4, 0.5) is 0 Å². The Labute approximate surface area is 127 Å². The Morgan fingerprint density at radius 1 is 1.43 bits per heavy atom. The SMILES string of the molecule is COc1ccc(C)cc1CCNC(=O)[C@@H]1CCC[C@@H]1CN. The molecule has 116 valence electrons. The standard InChI is InChI=1S/C17H26N2O2/c1-12-6-7-16(21-2)13(10-12)8-9-19-17(20)15-5-3-4-14(15)11-18/h6-7,10,14-15H,3-5,8-9,11,18H2,1-2H3,(H,19,20)/t14-,15-/m1/s1. The van der Waals surface area contributed by atoms with Gasteiger partial charge in [-0.15, -0.1) is 0 Å². The number of aryl methyl sites for hydroxylation is 1. The highest BCUT2D eigenvalue weighted by molar-refractivity contribution is 5.79. The molecule has 0 saturated heterocycles. The van der Waals surface area contributed by atoms with Crippen LogP contribution in [-0.4, -0.2) is 26.1 Å². The van der Waals surface area contributed by atoms with Crippen molar-refractivity contribution in [2.24, 2.45) is 17.6 Å². The highest BCUT2D eigenvalue weighted by Crippen LogP contribution is 2.30. The molecule has 0 aromatic heterocycles. The number of hydrogen-bond donors (Lipinski definition) is 2. The van der Waals surface area contributed by atoms with Crippen molar-refractivity contribution in [3.63, 3.8) is 0 Å². The summed E-state index contributed by atoms with van der Waals surface area (Å²) in [7, 11) is 1.68. The van der Waals surface area contributed by atoms with Crippen molar-refractivity contribution < 1.29 is 9.53 Å². The monoisotopic (exact) mass is 290 g/mol. The molecule has 2 atom stereocenters. The summed E-state index contributed by atoms with van der Waals surface area (Å²) in [5.41, 5.74) is 8.08. The van der Waals surface area contributed by atoms with Crippen LogP contribution in [0.3, 0.4) is 0 Å². The second kappa shape index (κ2) is 7.46. The Morgan fingerprint density at radius 3 is 2.95 bits per heavy atom. The first-order valence-electron chi connectivity index (χ1n) is 7.77. The zero-order valence-corrected chi connectivity index (χ0v) is 13.0. The van der Waals surface area contributed by atoms with E-state index in [-0.39, 0.29) is 11.8 Å². The van der Waals surface area contributed by atoms with Crippen LogP contribution in [-0.2, 0) is 11.2 Å². The third-order valence-electron chi connectivity index (χ3n) is 4.43. The molecule has 1 aliphatic rings. The smallest absolute Gasteiger partial charge is 0.223 e. The van der Waals surface area contributed by atoms with Crippen LogP contribution in [0.5, 0.6) is 5.75 Å². The van der Waals surface area contributed by atoms with Gasteiger partial charge in [-0.3, -0.25) is 4.79 Å². The third kappa shape index (κ3) is 3.97. The van der Waals surface area contributed by atoms with Gasteiger partial charge < -0.3 is 15.8 Å². The lowest BCUT2D eigenvalue weighted by atomic mass is 9.95. The molecule has 0 heterocycles. The number of ether oxygens (including phenoxy) is 1. The van der Waals surface area contributed by atoms with Gasteiger partial charge in [0.1, 0.15) is 5.75 Å². The predicted molar refractivity (Wildman–Crippen MR) is 84.3 cm³/mol. The first-order chi connectivity index (χ1) is 10.2. The van der Waals surface area contributed by atoms with E-state index < -0.39 is 0 Å².